The van der Waals surface area contributed by atoms with Crippen molar-refractivity contribution in [2.45, 2.75) is 93.4 Å². The maximum Gasteiger partial charge on any atom is 0.226 e. The summed E-state index contributed by atoms with van der Waals surface area (Å²) in [4.78, 5) is 41.9. The van der Waals surface area contributed by atoms with Gasteiger partial charge in [-0.25, -0.2) is 4.85 Å². The number of hydrogen-bond acceptors (Lipinski definition) is 3. The monoisotopic (exact) mass is 539 g/mol. The van der Waals surface area contributed by atoms with Crippen LogP contribution in [0.2, 0.25) is 0 Å². The van der Waals surface area contributed by atoms with Crippen molar-refractivity contribution in [1.82, 2.24) is 0 Å². The van der Waals surface area contributed by atoms with Crippen molar-refractivity contribution >= 4 is 18.9 Å². The van der Waals surface area contributed by atoms with Crippen LogP contribution in [0.15, 0.2) is 23.4 Å². The normalized spacial score (nSPS) is 46.7. The van der Waals surface area contributed by atoms with E-state index in [0.29, 0.717) is 6.16 Å². The maximum absolute atomic E-state index is 14.4. The predicted molar refractivity (Wildman–Crippen MR) is 151 cm³/mol. The Morgan fingerprint density at radius 3 is 2.26 bits per heavy atom. The Morgan fingerprint density at radius 2 is 1.66 bits per heavy atom. The van der Waals surface area contributed by atoms with Gasteiger partial charge in [0.05, 0.1) is 6.57 Å². The van der Waals surface area contributed by atoms with Crippen LogP contribution in [0.1, 0.15) is 93.4 Å². The molecule has 5 nitrogen and oxygen atoms in total. The lowest BCUT2D eigenvalue weighted by Gasteiger charge is -2.69. The number of rotatable bonds is 2. The fraction of sp³-hybridized carbons (Fsp3) is 0.781. The van der Waals surface area contributed by atoms with E-state index in [2.05, 4.69) is 39.5 Å². The van der Waals surface area contributed by atoms with Crippen LogP contribution >= 0.6 is 7.37 Å². The third-order valence-corrected chi connectivity index (χ3v) is 13.8. The third kappa shape index (κ3) is 3.61. The molecule has 1 unspecified atom stereocenters. The van der Waals surface area contributed by atoms with Crippen LogP contribution in [0.4, 0.5) is 0 Å². The Kier molecular flexibility index (Phi) is 5.93. The van der Waals surface area contributed by atoms with Crippen molar-refractivity contribution in [2.24, 2.45) is 50.2 Å². The number of allylic oxidation sites excluding steroid dienone is 4. The molecule has 0 radical (unpaired) electrons. The van der Waals surface area contributed by atoms with Gasteiger partial charge in [0.2, 0.25) is 5.70 Å². The van der Waals surface area contributed by atoms with Gasteiger partial charge < -0.3 is 9.69 Å². The van der Waals surface area contributed by atoms with Gasteiger partial charge in [0.1, 0.15) is 0 Å². The van der Waals surface area contributed by atoms with Crippen LogP contribution in [0.5, 0.6) is 0 Å². The van der Waals surface area contributed by atoms with Crippen LogP contribution in [0.25, 0.3) is 4.85 Å². The summed E-state index contributed by atoms with van der Waals surface area (Å²) in [6, 6.07) is 0. The second kappa shape index (κ2) is 8.04. The molecule has 0 aromatic rings. The summed E-state index contributed by atoms with van der Waals surface area (Å²) in [6.45, 7) is 24.6. The van der Waals surface area contributed by atoms with Crippen LogP contribution < -0.4 is 0 Å². The second-order valence-electron chi connectivity index (χ2n) is 15.8. The lowest BCUT2D eigenvalue weighted by atomic mass is 9.34. The zero-order chi connectivity index (χ0) is 28.3. The molecule has 5 rings (SSSR count). The Bertz CT molecular complexity index is 1260. The SMILES string of the molecule is [C-]#[N+]C1=C[C@]2(C)C3=CC(=O)[C@@H]4[C@@H]5CC(C)(C)CC[C@]5(CP(C)(=O)O)CC[C@@]4(C)[C@]3(C)CC[C@H]2C(C)(C)C1=O. The molecule has 6 heteroatoms. The molecule has 3 fully saturated rings. The Balaban J connectivity index is 1.69. The van der Waals surface area contributed by atoms with E-state index in [9.17, 15) is 19.0 Å². The minimum Gasteiger partial charge on any atom is -0.344 e. The van der Waals surface area contributed by atoms with Gasteiger partial charge in [0.15, 0.2) is 18.9 Å². The van der Waals surface area contributed by atoms with E-state index >= 15 is 0 Å². The van der Waals surface area contributed by atoms with Crippen LogP contribution in [0, 0.1) is 56.8 Å². The van der Waals surface area contributed by atoms with E-state index in [-0.39, 0.29) is 56.7 Å². The molecule has 0 aromatic carbocycles. The fourth-order valence-electron chi connectivity index (χ4n) is 10.6. The highest BCUT2D eigenvalue weighted by atomic mass is 31.2. The highest BCUT2D eigenvalue weighted by Gasteiger charge is 2.69. The summed E-state index contributed by atoms with van der Waals surface area (Å²) in [5, 5.41) is 0. The van der Waals surface area contributed by atoms with Gasteiger partial charge in [-0.2, -0.15) is 0 Å². The number of nitrogens with zero attached hydrogens (tertiary/aromatic N) is 1. The first-order valence-electron chi connectivity index (χ1n) is 14.5. The number of fused-ring (bicyclic) bond motifs is 7. The van der Waals surface area contributed by atoms with Gasteiger partial charge in [-0.05, 0) is 84.5 Å². The number of carbonyl (C=O) groups is 2. The first-order chi connectivity index (χ1) is 17.3. The summed E-state index contributed by atoms with van der Waals surface area (Å²) in [5.74, 6) is 0.0165. The molecular formula is C32H46NO4P. The largest absolute Gasteiger partial charge is 0.344 e. The fourth-order valence-corrected chi connectivity index (χ4v) is 12.3. The van der Waals surface area contributed by atoms with E-state index < -0.39 is 18.2 Å². The topological polar surface area (TPSA) is 75.8 Å². The molecule has 3 saturated carbocycles. The van der Waals surface area contributed by atoms with Crippen molar-refractivity contribution in [2.75, 3.05) is 12.8 Å². The smallest absolute Gasteiger partial charge is 0.226 e. The average molecular weight is 540 g/mol. The zero-order valence-corrected chi connectivity index (χ0v) is 25.5. The summed E-state index contributed by atoms with van der Waals surface area (Å²) in [7, 11) is -3.27. The van der Waals surface area contributed by atoms with Gasteiger partial charge in [-0.15, -0.1) is 0 Å². The Labute approximate surface area is 229 Å². The quantitative estimate of drug-likeness (QED) is 0.292. The molecule has 8 atom stereocenters. The van der Waals surface area contributed by atoms with Gasteiger partial charge >= 0.3 is 0 Å². The molecule has 0 saturated heterocycles. The molecule has 0 spiro atoms. The zero-order valence-electron chi connectivity index (χ0n) is 24.6. The van der Waals surface area contributed by atoms with Crippen molar-refractivity contribution in [3.05, 3.63) is 34.8 Å². The number of carbonyl (C=O) groups excluding carboxylic acids is 2. The van der Waals surface area contributed by atoms with E-state index in [1.54, 1.807) is 0 Å². The van der Waals surface area contributed by atoms with Gasteiger partial charge in [0.25, 0.3) is 0 Å². The molecule has 0 aromatic heterocycles. The van der Waals surface area contributed by atoms with Crippen molar-refractivity contribution in [3.63, 3.8) is 0 Å². The highest BCUT2D eigenvalue weighted by Crippen LogP contribution is 2.75. The molecule has 0 amide bonds. The molecule has 0 heterocycles. The van der Waals surface area contributed by atoms with Gasteiger partial charge in [0, 0.05) is 29.6 Å². The van der Waals surface area contributed by atoms with Crippen molar-refractivity contribution in [3.8, 4) is 0 Å². The average Bonchev–Trinajstić information content (AvgIpc) is 2.78. The Hall–Kier alpha value is -1.50. The summed E-state index contributed by atoms with van der Waals surface area (Å²) in [6.07, 6.45) is 10.5. The molecule has 0 bridgehead atoms. The standard InChI is InChI=1S/C32H46NO4P/c1-27(2)12-14-32(19-38(9,36)37)15-13-31(7)25(20(32)17-27)22(34)16-24-29(5)18-21(33-8)26(35)28(3,4)23(29)10-11-30(24,31)6/h16,18,20,23,25H,10-15,17,19H2,1-7,9H3,(H,36,37)/t20-,23-,25-,29-,30+,31+,32+/m0/s1. The lowest BCUT2D eigenvalue weighted by Crippen LogP contribution is -2.65. The summed E-state index contributed by atoms with van der Waals surface area (Å²) >= 11 is 0. The molecule has 38 heavy (non-hydrogen) atoms. The van der Waals surface area contributed by atoms with E-state index in [1.807, 2.05) is 26.0 Å². The number of ketones is 2. The van der Waals surface area contributed by atoms with Crippen LogP contribution in [-0.4, -0.2) is 29.3 Å². The third-order valence-electron chi connectivity index (χ3n) is 12.6. The van der Waals surface area contributed by atoms with E-state index in [1.165, 1.54) is 6.66 Å². The molecule has 0 aliphatic heterocycles. The Morgan fingerprint density at radius 1 is 1.03 bits per heavy atom. The predicted octanol–water partition coefficient (Wildman–Crippen LogP) is 7.46. The first kappa shape index (κ1) is 28.0. The van der Waals surface area contributed by atoms with E-state index in [0.717, 1.165) is 50.5 Å². The summed E-state index contributed by atoms with van der Waals surface area (Å²) < 4.78 is 12.9. The minimum atomic E-state index is -3.27. The molecular weight excluding hydrogens is 493 g/mol. The lowest BCUT2D eigenvalue weighted by molar-refractivity contribution is -0.168. The maximum atomic E-state index is 14.4. The summed E-state index contributed by atoms with van der Waals surface area (Å²) in [5.41, 5.74) is -0.587. The van der Waals surface area contributed by atoms with Crippen LogP contribution in [0.3, 0.4) is 0 Å². The molecule has 1 N–H and O–H groups in total. The first-order valence-corrected chi connectivity index (χ1v) is 16.8. The second-order valence-corrected chi connectivity index (χ2v) is 18.2. The van der Waals surface area contributed by atoms with Crippen molar-refractivity contribution in [1.29, 1.82) is 0 Å². The molecule has 5 aliphatic carbocycles. The highest BCUT2D eigenvalue weighted by molar-refractivity contribution is 7.57. The number of Topliss-reactive ketones (excluding diaryl/α,β-unsaturated/α-hetero) is 1. The molecule has 5 aliphatic rings. The van der Waals surface area contributed by atoms with Gasteiger partial charge in [-0.3, -0.25) is 9.36 Å². The minimum absolute atomic E-state index is 0.0388. The molecule has 208 valence electrons. The van der Waals surface area contributed by atoms with Crippen LogP contribution in [-0.2, 0) is 14.2 Å². The van der Waals surface area contributed by atoms with Crippen molar-refractivity contribution < 1.29 is 19.0 Å². The van der Waals surface area contributed by atoms with E-state index in [4.69, 9.17) is 6.57 Å². The number of hydrogen-bond donors (Lipinski definition) is 1. The van der Waals surface area contributed by atoms with Gasteiger partial charge in [-0.1, -0.05) is 60.1 Å².